The number of urea groups is 1. The molecule has 0 saturated carbocycles. The van der Waals surface area contributed by atoms with Gasteiger partial charge < -0.3 is 9.73 Å². The highest BCUT2D eigenvalue weighted by molar-refractivity contribution is 6.06. The molecule has 126 valence electrons. The van der Waals surface area contributed by atoms with Gasteiger partial charge in [-0.3, -0.25) is 9.69 Å². The Morgan fingerprint density at radius 1 is 1.21 bits per heavy atom. The minimum atomic E-state index is -4.49. The first kappa shape index (κ1) is 16.1. The van der Waals surface area contributed by atoms with Crippen LogP contribution in [0.1, 0.15) is 23.8 Å². The molecule has 1 N–H and O–H groups in total. The Balaban J connectivity index is 1.86. The molecule has 1 saturated heterocycles. The Morgan fingerprint density at radius 2 is 1.96 bits per heavy atom. The standard InChI is InChI=1S/C16H13F3N2O3/c1-15(12-6-3-7-24-12)13(22)21(14(23)20-15)9-10-4-2-5-11(8-10)16(17,18)19/h2-8H,9H2,1H3,(H,20,23)/t15-/m1/s1. The fraction of sp³-hybridized carbons (Fsp3) is 0.250. The summed E-state index contributed by atoms with van der Waals surface area (Å²) in [4.78, 5) is 25.6. The SMILES string of the molecule is C[C@]1(c2ccco2)NC(=O)N(Cc2cccc(C(F)(F)F)c2)C1=O. The van der Waals surface area contributed by atoms with E-state index in [4.69, 9.17) is 4.42 Å². The zero-order chi connectivity index (χ0) is 17.5. The maximum Gasteiger partial charge on any atom is 0.416 e. The number of carbonyl (C=O) groups excluding carboxylic acids is 2. The Morgan fingerprint density at radius 3 is 2.58 bits per heavy atom. The maximum atomic E-state index is 12.8. The van der Waals surface area contributed by atoms with Crippen LogP contribution in [-0.4, -0.2) is 16.8 Å². The molecule has 1 aliphatic rings. The Kier molecular flexibility index (Phi) is 3.62. The highest BCUT2D eigenvalue weighted by atomic mass is 19.4. The van der Waals surface area contributed by atoms with Gasteiger partial charge in [-0.1, -0.05) is 12.1 Å². The number of halogens is 3. The van der Waals surface area contributed by atoms with Crippen LogP contribution in [-0.2, 0) is 23.1 Å². The lowest BCUT2D eigenvalue weighted by molar-refractivity contribution is -0.137. The van der Waals surface area contributed by atoms with E-state index < -0.39 is 29.2 Å². The summed E-state index contributed by atoms with van der Waals surface area (Å²) in [7, 11) is 0. The zero-order valence-corrected chi connectivity index (χ0v) is 12.6. The van der Waals surface area contributed by atoms with E-state index in [9.17, 15) is 22.8 Å². The van der Waals surface area contributed by atoms with Gasteiger partial charge in [0.2, 0.25) is 0 Å². The third kappa shape index (κ3) is 2.64. The number of amides is 3. The van der Waals surface area contributed by atoms with Crippen molar-refractivity contribution in [1.82, 2.24) is 10.2 Å². The largest absolute Gasteiger partial charge is 0.466 e. The van der Waals surface area contributed by atoms with Gasteiger partial charge >= 0.3 is 12.2 Å². The lowest BCUT2D eigenvalue weighted by Crippen LogP contribution is -2.40. The molecule has 0 bridgehead atoms. The fourth-order valence-electron chi connectivity index (χ4n) is 2.60. The van der Waals surface area contributed by atoms with Gasteiger partial charge in [-0.25, -0.2) is 4.79 Å². The van der Waals surface area contributed by atoms with E-state index in [1.165, 1.54) is 25.3 Å². The van der Waals surface area contributed by atoms with Gasteiger partial charge in [0, 0.05) is 0 Å². The molecular weight excluding hydrogens is 325 g/mol. The number of hydrogen-bond acceptors (Lipinski definition) is 3. The van der Waals surface area contributed by atoms with Crippen LogP contribution >= 0.6 is 0 Å². The zero-order valence-electron chi connectivity index (χ0n) is 12.6. The minimum Gasteiger partial charge on any atom is -0.466 e. The summed E-state index contributed by atoms with van der Waals surface area (Å²) < 4.78 is 43.5. The summed E-state index contributed by atoms with van der Waals surface area (Å²) in [5, 5.41) is 2.52. The van der Waals surface area contributed by atoms with Crippen molar-refractivity contribution in [3.05, 3.63) is 59.5 Å². The molecule has 2 heterocycles. The number of furan rings is 1. The van der Waals surface area contributed by atoms with Crippen LogP contribution < -0.4 is 5.32 Å². The van der Waals surface area contributed by atoms with Gasteiger partial charge in [-0.05, 0) is 36.8 Å². The van der Waals surface area contributed by atoms with Crippen molar-refractivity contribution in [2.45, 2.75) is 25.2 Å². The van der Waals surface area contributed by atoms with E-state index >= 15 is 0 Å². The van der Waals surface area contributed by atoms with Crippen molar-refractivity contribution >= 4 is 11.9 Å². The van der Waals surface area contributed by atoms with Gasteiger partial charge in [-0.2, -0.15) is 13.2 Å². The molecule has 1 aromatic carbocycles. The molecule has 1 atom stereocenters. The number of alkyl halides is 3. The molecule has 24 heavy (non-hydrogen) atoms. The Bertz CT molecular complexity index is 786. The van der Waals surface area contributed by atoms with Crippen molar-refractivity contribution in [2.24, 2.45) is 0 Å². The van der Waals surface area contributed by atoms with Gasteiger partial charge in [0.1, 0.15) is 5.76 Å². The third-order valence-electron chi connectivity index (χ3n) is 3.88. The topological polar surface area (TPSA) is 62.6 Å². The van der Waals surface area contributed by atoms with Crippen LogP contribution in [0.25, 0.3) is 0 Å². The number of nitrogens with zero attached hydrogens (tertiary/aromatic N) is 1. The van der Waals surface area contributed by atoms with Gasteiger partial charge in [0.05, 0.1) is 18.4 Å². The summed E-state index contributed by atoms with van der Waals surface area (Å²) in [6, 6.07) is 6.96. The number of imide groups is 1. The monoisotopic (exact) mass is 338 g/mol. The Labute approximate surface area is 135 Å². The number of benzene rings is 1. The number of nitrogens with one attached hydrogen (secondary N) is 1. The van der Waals surface area contributed by atoms with Crippen molar-refractivity contribution in [3.63, 3.8) is 0 Å². The first-order valence-electron chi connectivity index (χ1n) is 7.06. The normalized spacial score (nSPS) is 21.2. The predicted octanol–water partition coefficient (Wildman–Crippen LogP) is 3.27. The van der Waals surface area contributed by atoms with Crippen molar-refractivity contribution in [3.8, 4) is 0 Å². The second kappa shape index (κ2) is 5.40. The van der Waals surface area contributed by atoms with E-state index in [2.05, 4.69) is 5.32 Å². The molecule has 8 heteroatoms. The minimum absolute atomic E-state index is 0.206. The third-order valence-corrected chi connectivity index (χ3v) is 3.88. The van der Waals surface area contributed by atoms with Gasteiger partial charge in [0.25, 0.3) is 5.91 Å². The van der Waals surface area contributed by atoms with Crippen molar-refractivity contribution in [2.75, 3.05) is 0 Å². The van der Waals surface area contributed by atoms with Gasteiger partial charge in [-0.15, -0.1) is 0 Å². The van der Waals surface area contributed by atoms with Crippen molar-refractivity contribution in [1.29, 1.82) is 0 Å². The van der Waals surface area contributed by atoms with E-state index in [1.807, 2.05) is 0 Å². The summed E-state index contributed by atoms with van der Waals surface area (Å²) in [6.07, 6.45) is -3.12. The molecule has 3 amide bonds. The molecule has 0 aliphatic carbocycles. The first-order chi connectivity index (χ1) is 11.2. The average Bonchev–Trinajstić information content (AvgIpc) is 3.12. The van der Waals surface area contributed by atoms with Crippen LogP contribution in [0.2, 0.25) is 0 Å². The summed E-state index contributed by atoms with van der Waals surface area (Å²) in [5.41, 5.74) is -2.00. The molecule has 2 aromatic rings. The molecule has 5 nitrogen and oxygen atoms in total. The highest BCUT2D eigenvalue weighted by Gasteiger charge is 2.50. The predicted molar refractivity (Wildman–Crippen MR) is 76.6 cm³/mol. The second-order valence-electron chi connectivity index (χ2n) is 5.62. The highest BCUT2D eigenvalue weighted by Crippen LogP contribution is 2.32. The lowest BCUT2D eigenvalue weighted by Gasteiger charge is -2.19. The summed E-state index contributed by atoms with van der Waals surface area (Å²) in [5.74, 6) is -0.327. The molecule has 1 fully saturated rings. The average molecular weight is 338 g/mol. The van der Waals surface area contributed by atoms with Crippen LogP contribution in [0.5, 0.6) is 0 Å². The number of rotatable bonds is 3. The molecule has 1 aromatic heterocycles. The summed E-state index contributed by atoms with van der Waals surface area (Å²) >= 11 is 0. The maximum absolute atomic E-state index is 12.8. The van der Waals surface area contributed by atoms with Crippen LogP contribution in [0.15, 0.2) is 47.1 Å². The van der Waals surface area contributed by atoms with Crippen molar-refractivity contribution < 1.29 is 27.2 Å². The Hall–Kier alpha value is -2.77. The van der Waals surface area contributed by atoms with Crippen LogP contribution in [0.3, 0.4) is 0 Å². The molecule has 0 spiro atoms. The van der Waals surface area contributed by atoms with Crippen LogP contribution in [0.4, 0.5) is 18.0 Å². The number of hydrogen-bond donors (Lipinski definition) is 1. The van der Waals surface area contributed by atoms with Crippen LogP contribution in [0, 0.1) is 0 Å². The molecule has 1 aliphatic heterocycles. The molecule has 0 unspecified atom stereocenters. The lowest BCUT2D eigenvalue weighted by atomic mass is 9.99. The molecule has 3 rings (SSSR count). The fourth-order valence-corrected chi connectivity index (χ4v) is 2.60. The molecule has 0 radical (unpaired) electrons. The molecular formula is C16H13F3N2O3. The smallest absolute Gasteiger partial charge is 0.416 e. The quantitative estimate of drug-likeness (QED) is 0.874. The van der Waals surface area contributed by atoms with E-state index in [0.29, 0.717) is 0 Å². The van der Waals surface area contributed by atoms with Gasteiger partial charge in [0.15, 0.2) is 5.54 Å². The van der Waals surface area contributed by atoms with E-state index in [-0.39, 0.29) is 17.9 Å². The first-order valence-corrected chi connectivity index (χ1v) is 7.06. The summed E-state index contributed by atoms with van der Waals surface area (Å²) in [6.45, 7) is 1.23. The number of carbonyl (C=O) groups is 2. The van der Waals surface area contributed by atoms with E-state index in [0.717, 1.165) is 17.0 Å². The second-order valence-corrected chi connectivity index (χ2v) is 5.62. The van der Waals surface area contributed by atoms with E-state index in [1.54, 1.807) is 12.1 Å².